The summed E-state index contributed by atoms with van der Waals surface area (Å²) in [5.41, 5.74) is 1.61. The number of nitrogens with one attached hydrogen (secondary N) is 1. The van der Waals surface area contributed by atoms with E-state index in [2.05, 4.69) is 10.3 Å². The Labute approximate surface area is 159 Å². The number of hydrogen-bond donors (Lipinski definition) is 2. The summed E-state index contributed by atoms with van der Waals surface area (Å²) in [5, 5.41) is 8.36. The fraction of sp³-hybridized carbons (Fsp3) is 0.176. The number of carbonyl (C=O) groups is 1. The second kappa shape index (κ2) is 7.67. The van der Waals surface area contributed by atoms with Gasteiger partial charge in [-0.05, 0) is 43.3 Å². The Bertz CT molecular complexity index is 1110. The number of primary sulfonamides is 1. The third kappa shape index (κ3) is 4.46. The molecule has 1 heterocycles. The van der Waals surface area contributed by atoms with Gasteiger partial charge in [0.15, 0.2) is 5.16 Å². The zero-order valence-electron chi connectivity index (χ0n) is 14.3. The molecule has 3 rings (SSSR count). The number of amides is 1. The second-order valence-electron chi connectivity index (χ2n) is 5.68. The van der Waals surface area contributed by atoms with Crippen molar-refractivity contribution in [3.05, 3.63) is 48.3 Å². The molecule has 10 heteroatoms. The van der Waals surface area contributed by atoms with Crippen LogP contribution < -0.4 is 10.5 Å². The van der Waals surface area contributed by atoms with E-state index >= 15 is 0 Å². The number of anilines is 1. The Morgan fingerprint density at radius 2 is 2.07 bits per heavy atom. The number of imidazole rings is 1. The van der Waals surface area contributed by atoms with Crippen molar-refractivity contribution in [2.45, 2.75) is 23.5 Å². The van der Waals surface area contributed by atoms with Crippen molar-refractivity contribution in [2.24, 2.45) is 5.14 Å². The van der Waals surface area contributed by atoms with Crippen molar-refractivity contribution in [1.29, 1.82) is 0 Å². The molecule has 142 valence electrons. The minimum atomic E-state index is -3.82. The summed E-state index contributed by atoms with van der Waals surface area (Å²) in [6.45, 7) is 2.52. The standard InChI is InChI=1S/C17H17FN4O3S2/c1-2-22-15-7-6-13(27(19,24)25)9-14(15)21-17(22)26-10-16(23)20-12-5-3-4-11(18)8-12/h3-9H,2,10H2,1H3,(H,20,23)(H2,19,24,25). The molecule has 2 aromatic carbocycles. The first-order valence-electron chi connectivity index (χ1n) is 7.99. The predicted molar refractivity (Wildman–Crippen MR) is 103 cm³/mol. The molecular formula is C17H17FN4O3S2. The molecule has 0 saturated carbocycles. The van der Waals surface area contributed by atoms with Gasteiger partial charge >= 0.3 is 0 Å². The minimum absolute atomic E-state index is 0.0175. The topological polar surface area (TPSA) is 107 Å². The van der Waals surface area contributed by atoms with Gasteiger partial charge in [0, 0.05) is 12.2 Å². The van der Waals surface area contributed by atoms with E-state index in [0.29, 0.717) is 22.9 Å². The Morgan fingerprint density at radius 3 is 2.74 bits per heavy atom. The van der Waals surface area contributed by atoms with Crippen molar-refractivity contribution in [2.75, 3.05) is 11.1 Å². The maximum atomic E-state index is 13.2. The van der Waals surface area contributed by atoms with E-state index in [1.165, 1.54) is 42.1 Å². The number of aromatic nitrogens is 2. The monoisotopic (exact) mass is 408 g/mol. The molecule has 0 aliphatic rings. The number of benzene rings is 2. The van der Waals surface area contributed by atoms with Crippen LogP contribution >= 0.6 is 11.8 Å². The van der Waals surface area contributed by atoms with E-state index in [-0.39, 0.29) is 16.6 Å². The quantitative estimate of drug-likeness (QED) is 0.610. The minimum Gasteiger partial charge on any atom is -0.325 e. The lowest BCUT2D eigenvalue weighted by molar-refractivity contribution is -0.113. The number of thioether (sulfide) groups is 1. The lowest BCUT2D eigenvalue weighted by Gasteiger charge is -2.07. The fourth-order valence-electron chi connectivity index (χ4n) is 2.57. The maximum Gasteiger partial charge on any atom is 0.238 e. The van der Waals surface area contributed by atoms with E-state index in [1.807, 2.05) is 11.5 Å². The van der Waals surface area contributed by atoms with Gasteiger partial charge in [-0.2, -0.15) is 0 Å². The summed E-state index contributed by atoms with van der Waals surface area (Å²) in [4.78, 5) is 16.5. The van der Waals surface area contributed by atoms with Gasteiger partial charge in [0.1, 0.15) is 5.82 Å². The molecule has 0 saturated heterocycles. The highest BCUT2D eigenvalue weighted by atomic mass is 32.2. The van der Waals surface area contributed by atoms with Gasteiger partial charge < -0.3 is 9.88 Å². The Balaban J connectivity index is 1.78. The van der Waals surface area contributed by atoms with E-state index < -0.39 is 15.8 Å². The first-order chi connectivity index (χ1) is 12.8. The zero-order valence-corrected chi connectivity index (χ0v) is 16.0. The number of aryl methyl sites for hydroxylation is 1. The summed E-state index contributed by atoms with van der Waals surface area (Å²) in [5.74, 6) is -0.661. The van der Waals surface area contributed by atoms with Gasteiger partial charge in [-0.15, -0.1) is 0 Å². The van der Waals surface area contributed by atoms with Crippen LogP contribution in [-0.4, -0.2) is 29.6 Å². The maximum absolute atomic E-state index is 13.2. The van der Waals surface area contributed by atoms with Gasteiger partial charge in [0.25, 0.3) is 0 Å². The molecule has 0 unspecified atom stereocenters. The fourth-order valence-corrected chi connectivity index (χ4v) is 3.99. The first-order valence-corrected chi connectivity index (χ1v) is 10.5. The van der Waals surface area contributed by atoms with Crippen molar-refractivity contribution in [1.82, 2.24) is 9.55 Å². The smallest absolute Gasteiger partial charge is 0.238 e. The molecule has 0 radical (unpaired) electrons. The van der Waals surface area contributed by atoms with Gasteiger partial charge in [-0.3, -0.25) is 4.79 Å². The molecule has 3 N–H and O–H groups in total. The molecule has 7 nitrogen and oxygen atoms in total. The average molecular weight is 408 g/mol. The van der Waals surface area contributed by atoms with Crippen LogP contribution in [-0.2, 0) is 21.4 Å². The summed E-state index contributed by atoms with van der Waals surface area (Å²) in [6, 6.07) is 10.1. The number of sulfonamides is 1. The van der Waals surface area contributed by atoms with Crippen molar-refractivity contribution >= 4 is 44.4 Å². The Hall–Kier alpha value is -2.43. The summed E-state index contributed by atoms with van der Waals surface area (Å²) in [6.07, 6.45) is 0. The van der Waals surface area contributed by atoms with Crippen LogP contribution in [0.25, 0.3) is 11.0 Å². The van der Waals surface area contributed by atoms with Crippen LogP contribution in [0.15, 0.2) is 52.5 Å². The number of nitrogens with two attached hydrogens (primary N) is 1. The molecule has 0 fully saturated rings. The highest BCUT2D eigenvalue weighted by Gasteiger charge is 2.15. The van der Waals surface area contributed by atoms with Crippen LogP contribution in [0, 0.1) is 5.82 Å². The van der Waals surface area contributed by atoms with Crippen LogP contribution in [0.3, 0.4) is 0 Å². The van der Waals surface area contributed by atoms with Gasteiger partial charge in [-0.25, -0.2) is 22.9 Å². The number of rotatable bonds is 6. The Kier molecular flexibility index (Phi) is 5.49. The number of nitrogens with zero attached hydrogens (tertiary/aromatic N) is 2. The zero-order chi connectivity index (χ0) is 19.6. The van der Waals surface area contributed by atoms with Crippen LogP contribution in [0.5, 0.6) is 0 Å². The summed E-state index contributed by atoms with van der Waals surface area (Å²) >= 11 is 1.21. The Morgan fingerprint density at radius 1 is 1.30 bits per heavy atom. The lowest BCUT2D eigenvalue weighted by atomic mass is 10.3. The predicted octanol–water partition coefficient (Wildman–Crippen LogP) is 2.57. The number of fused-ring (bicyclic) bond motifs is 1. The first kappa shape index (κ1) is 19.3. The molecule has 0 aliphatic heterocycles. The van der Waals surface area contributed by atoms with Crippen LogP contribution in [0.4, 0.5) is 10.1 Å². The second-order valence-corrected chi connectivity index (χ2v) is 8.19. The van der Waals surface area contributed by atoms with Crippen molar-refractivity contribution in [3.63, 3.8) is 0 Å². The van der Waals surface area contributed by atoms with Crippen molar-refractivity contribution < 1.29 is 17.6 Å². The third-order valence-corrected chi connectivity index (χ3v) is 5.66. The molecular weight excluding hydrogens is 391 g/mol. The van der Waals surface area contributed by atoms with E-state index in [4.69, 9.17) is 5.14 Å². The van der Waals surface area contributed by atoms with E-state index in [9.17, 15) is 17.6 Å². The van der Waals surface area contributed by atoms with Gasteiger partial charge in [0.05, 0.1) is 21.7 Å². The molecule has 1 amide bonds. The molecule has 1 aromatic heterocycles. The molecule has 0 spiro atoms. The number of carbonyl (C=O) groups excluding carboxylic acids is 1. The number of hydrogen-bond acceptors (Lipinski definition) is 5. The van der Waals surface area contributed by atoms with Gasteiger partial charge in [0.2, 0.25) is 15.9 Å². The SMILES string of the molecule is CCn1c(SCC(=O)Nc2cccc(F)c2)nc2cc(S(N)(=O)=O)ccc21. The number of halogens is 1. The largest absolute Gasteiger partial charge is 0.325 e. The highest BCUT2D eigenvalue weighted by molar-refractivity contribution is 7.99. The lowest BCUT2D eigenvalue weighted by Crippen LogP contribution is -2.14. The normalized spacial score (nSPS) is 11.7. The summed E-state index contributed by atoms with van der Waals surface area (Å²) < 4.78 is 38.1. The van der Waals surface area contributed by atoms with E-state index in [1.54, 1.807) is 12.1 Å². The molecule has 3 aromatic rings. The average Bonchev–Trinajstić information content (AvgIpc) is 2.96. The molecule has 27 heavy (non-hydrogen) atoms. The van der Waals surface area contributed by atoms with E-state index in [0.717, 1.165) is 5.52 Å². The molecule has 0 atom stereocenters. The van der Waals surface area contributed by atoms with Gasteiger partial charge in [-0.1, -0.05) is 17.8 Å². The highest BCUT2D eigenvalue weighted by Crippen LogP contribution is 2.26. The molecule has 0 aliphatic carbocycles. The van der Waals surface area contributed by atoms with Crippen molar-refractivity contribution in [3.8, 4) is 0 Å². The molecule has 0 bridgehead atoms. The summed E-state index contributed by atoms with van der Waals surface area (Å²) in [7, 11) is -3.82. The van der Waals surface area contributed by atoms with Crippen LogP contribution in [0.2, 0.25) is 0 Å². The third-order valence-electron chi connectivity index (χ3n) is 3.77. The van der Waals surface area contributed by atoms with Crippen LogP contribution in [0.1, 0.15) is 6.92 Å².